The molecule has 0 unspecified atom stereocenters. The summed E-state index contributed by atoms with van der Waals surface area (Å²) in [6.45, 7) is 3.68. The molecule has 1 saturated heterocycles. The van der Waals surface area contributed by atoms with Crippen LogP contribution in [0.25, 0.3) is 0 Å². The lowest BCUT2D eigenvalue weighted by Gasteiger charge is -2.15. The van der Waals surface area contributed by atoms with Crippen LogP contribution in [-0.2, 0) is 14.4 Å². The van der Waals surface area contributed by atoms with Crippen molar-refractivity contribution in [2.24, 2.45) is 0 Å². The van der Waals surface area contributed by atoms with Gasteiger partial charge in [0.2, 0.25) is 5.91 Å². The average Bonchev–Trinajstić information content (AvgIpc) is 2.92. The Morgan fingerprint density at radius 3 is 2.74 bits per heavy atom. The van der Waals surface area contributed by atoms with E-state index >= 15 is 0 Å². The zero-order valence-electron chi connectivity index (χ0n) is 13.0. The van der Waals surface area contributed by atoms with E-state index in [0.29, 0.717) is 31.6 Å². The summed E-state index contributed by atoms with van der Waals surface area (Å²) in [6, 6.07) is 5.32. The van der Waals surface area contributed by atoms with Gasteiger partial charge >= 0.3 is 11.8 Å². The van der Waals surface area contributed by atoms with Gasteiger partial charge in [-0.1, -0.05) is 15.9 Å². The molecular formula is C16H20BrN3O3. The maximum atomic E-state index is 11.8. The Balaban J connectivity index is 1.71. The van der Waals surface area contributed by atoms with E-state index in [1.165, 1.54) is 0 Å². The zero-order chi connectivity index (χ0) is 16.8. The van der Waals surface area contributed by atoms with Crippen molar-refractivity contribution in [3.63, 3.8) is 0 Å². The van der Waals surface area contributed by atoms with E-state index in [-0.39, 0.29) is 5.91 Å². The summed E-state index contributed by atoms with van der Waals surface area (Å²) in [4.78, 5) is 36.8. The van der Waals surface area contributed by atoms with Gasteiger partial charge in [-0.15, -0.1) is 0 Å². The first-order valence-electron chi connectivity index (χ1n) is 7.60. The fraction of sp³-hybridized carbons (Fsp3) is 0.438. The van der Waals surface area contributed by atoms with Crippen LogP contribution >= 0.6 is 15.9 Å². The minimum Gasteiger partial charge on any atom is -0.348 e. The molecule has 1 heterocycles. The molecule has 1 fully saturated rings. The van der Waals surface area contributed by atoms with Gasteiger partial charge in [-0.05, 0) is 43.5 Å². The van der Waals surface area contributed by atoms with E-state index in [4.69, 9.17) is 0 Å². The summed E-state index contributed by atoms with van der Waals surface area (Å²) in [6.07, 6.45) is 2.16. The first kappa shape index (κ1) is 17.5. The fourth-order valence-electron chi connectivity index (χ4n) is 2.40. The Labute approximate surface area is 143 Å². The smallest absolute Gasteiger partial charge is 0.313 e. The Morgan fingerprint density at radius 2 is 2.09 bits per heavy atom. The highest BCUT2D eigenvalue weighted by Gasteiger charge is 2.19. The number of hydrogen-bond acceptors (Lipinski definition) is 3. The monoisotopic (exact) mass is 381 g/mol. The number of aryl methyl sites for hydroxylation is 1. The molecular weight excluding hydrogens is 362 g/mol. The molecule has 124 valence electrons. The minimum absolute atomic E-state index is 0.166. The Hall–Kier alpha value is -1.89. The van der Waals surface area contributed by atoms with Gasteiger partial charge in [-0.2, -0.15) is 0 Å². The molecule has 1 aromatic carbocycles. The second kappa shape index (κ2) is 8.10. The van der Waals surface area contributed by atoms with Gasteiger partial charge < -0.3 is 15.5 Å². The second-order valence-electron chi connectivity index (χ2n) is 5.51. The molecule has 0 bridgehead atoms. The predicted molar refractivity (Wildman–Crippen MR) is 90.9 cm³/mol. The summed E-state index contributed by atoms with van der Waals surface area (Å²) < 4.78 is 0.941. The number of benzene rings is 1. The number of anilines is 1. The topological polar surface area (TPSA) is 78.5 Å². The molecule has 0 aliphatic carbocycles. The molecule has 1 aromatic rings. The van der Waals surface area contributed by atoms with Crippen molar-refractivity contribution in [2.45, 2.75) is 26.2 Å². The average molecular weight is 382 g/mol. The van der Waals surface area contributed by atoms with E-state index in [1.807, 2.05) is 13.0 Å². The number of amides is 3. The molecule has 3 amide bonds. The number of hydrogen-bond donors (Lipinski definition) is 2. The third-order valence-corrected chi connectivity index (χ3v) is 4.57. The van der Waals surface area contributed by atoms with Crippen molar-refractivity contribution in [2.75, 3.05) is 25.0 Å². The van der Waals surface area contributed by atoms with Crippen LogP contribution in [0.5, 0.6) is 0 Å². The fourth-order valence-corrected chi connectivity index (χ4v) is 2.65. The quantitative estimate of drug-likeness (QED) is 0.603. The van der Waals surface area contributed by atoms with Crippen molar-refractivity contribution < 1.29 is 14.4 Å². The molecule has 2 N–H and O–H groups in total. The molecule has 6 nitrogen and oxygen atoms in total. The largest absolute Gasteiger partial charge is 0.348 e. The van der Waals surface area contributed by atoms with Crippen molar-refractivity contribution in [1.29, 1.82) is 0 Å². The lowest BCUT2D eigenvalue weighted by Crippen LogP contribution is -2.37. The molecule has 23 heavy (non-hydrogen) atoms. The van der Waals surface area contributed by atoms with Gasteiger partial charge in [0.05, 0.1) is 0 Å². The van der Waals surface area contributed by atoms with E-state index in [1.54, 1.807) is 17.0 Å². The number of likely N-dealkylation sites (tertiary alicyclic amines) is 1. The van der Waals surface area contributed by atoms with Crippen LogP contribution in [0, 0.1) is 6.92 Å². The highest BCUT2D eigenvalue weighted by molar-refractivity contribution is 9.10. The van der Waals surface area contributed by atoms with Crippen LogP contribution in [0.4, 0.5) is 5.69 Å². The van der Waals surface area contributed by atoms with Gasteiger partial charge in [-0.3, -0.25) is 14.4 Å². The van der Waals surface area contributed by atoms with Crippen molar-refractivity contribution in [3.05, 3.63) is 28.2 Å². The van der Waals surface area contributed by atoms with Crippen molar-refractivity contribution in [3.8, 4) is 0 Å². The third kappa shape index (κ3) is 5.06. The van der Waals surface area contributed by atoms with Crippen LogP contribution in [0.3, 0.4) is 0 Å². The van der Waals surface area contributed by atoms with Gasteiger partial charge in [0.1, 0.15) is 0 Å². The molecule has 0 spiro atoms. The molecule has 1 aliphatic rings. The van der Waals surface area contributed by atoms with Crippen LogP contribution < -0.4 is 10.6 Å². The van der Waals surface area contributed by atoms with Gasteiger partial charge in [0.25, 0.3) is 0 Å². The maximum absolute atomic E-state index is 11.8. The molecule has 0 atom stereocenters. The minimum atomic E-state index is -0.691. The summed E-state index contributed by atoms with van der Waals surface area (Å²) in [5.41, 5.74) is 1.55. The highest BCUT2D eigenvalue weighted by Crippen LogP contribution is 2.19. The number of nitrogens with one attached hydrogen (secondary N) is 2. The van der Waals surface area contributed by atoms with E-state index < -0.39 is 11.8 Å². The third-order valence-electron chi connectivity index (χ3n) is 3.68. The summed E-state index contributed by atoms with van der Waals surface area (Å²) >= 11 is 3.38. The number of carbonyl (C=O) groups excluding carboxylic acids is 3. The molecule has 7 heteroatoms. The van der Waals surface area contributed by atoms with E-state index in [0.717, 1.165) is 23.0 Å². The SMILES string of the molecule is Cc1cc(NC(=O)C(=O)NCCCN2CCCC2=O)ccc1Br. The second-order valence-corrected chi connectivity index (χ2v) is 6.37. The van der Waals surface area contributed by atoms with Gasteiger partial charge in [0, 0.05) is 36.2 Å². The molecule has 0 radical (unpaired) electrons. The standard InChI is InChI=1S/C16H20BrN3O3/c1-11-10-12(5-6-13(11)17)19-16(23)15(22)18-7-3-9-20-8-2-4-14(20)21/h5-6,10H,2-4,7-9H2,1H3,(H,18,22)(H,19,23). The Bertz CT molecular complexity index is 619. The normalized spacial score (nSPS) is 14.0. The molecule has 0 saturated carbocycles. The molecule has 0 aromatic heterocycles. The summed E-state index contributed by atoms with van der Waals surface area (Å²) in [5.74, 6) is -1.19. The number of carbonyl (C=O) groups is 3. The van der Waals surface area contributed by atoms with Crippen molar-refractivity contribution in [1.82, 2.24) is 10.2 Å². The van der Waals surface area contributed by atoms with Crippen LogP contribution in [0.2, 0.25) is 0 Å². The van der Waals surface area contributed by atoms with Crippen molar-refractivity contribution >= 4 is 39.3 Å². The Kier molecular flexibility index (Phi) is 6.15. The van der Waals surface area contributed by atoms with Crippen LogP contribution in [-0.4, -0.2) is 42.3 Å². The Morgan fingerprint density at radius 1 is 1.30 bits per heavy atom. The predicted octanol–water partition coefficient (Wildman–Crippen LogP) is 1.82. The first-order valence-corrected chi connectivity index (χ1v) is 8.40. The van der Waals surface area contributed by atoms with Crippen LogP contribution in [0.15, 0.2) is 22.7 Å². The lowest BCUT2D eigenvalue weighted by atomic mass is 10.2. The summed E-state index contributed by atoms with van der Waals surface area (Å²) in [5, 5.41) is 5.13. The van der Waals surface area contributed by atoms with Gasteiger partial charge in [0.15, 0.2) is 0 Å². The van der Waals surface area contributed by atoms with Crippen LogP contribution in [0.1, 0.15) is 24.8 Å². The molecule has 2 rings (SSSR count). The maximum Gasteiger partial charge on any atom is 0.313 e. The zero-order valence-corrected chi connectivity index (χ0v) is 14.6. The molecule has 1 aliphatic heterocycles. The highest BCUT2D eigenvalue weighted by atomic mass is 79.9. The summed E-state index contributed by atoms with van der Waals surface area (Å²) in [7, 11) is 0. The van der Waals surface area contributed by atoms with E-state index in [2.05, 4.69) is 26.6 Å². The number of rotatable bonds is 5. The van der Waals surface area contributed by atoms with E-state index in [9.17, 15) is 14.4 Å². The number of nitrogens with zero attached hydrogens (tertiary/aromatic N) is 1. The lowest BCUT2D eigenvalue weighted by molar-refractivity contribution is -0.136. The van der Waals surface area contributed by atoms with Gasteiger partial charge in [-0.25, -0.2) is 0 Å². The number of halogens is 1. The first-order chi connectivity index (χ1) is 11.0.